The first-order chi connectivity index (χ1) is 11.6. The fraction of sp³-hybridized carbons (Fsp3) is 0.722. The van der Waals surface area contributed by atoms with Gasteiger partial charge in [-0.25, -0.2) is 0 Å². The third-order valence-corrected chi connectivity index (χ3v) is 5.10. The van der Waals surface area contributed by atoms with Crippen molar-refractivity contribution in [1.82, 2.24) is 10.2 Å². The van der Waals surface area contributed by atoms with Crippen LogP contribution in [0.1, 0.15) is 37.2 Å². The van der Waals surface area contributed by atoms with Crippen LogP contribution in [0.2, 0.25) is 0 Å². The van der Waals surface area contributed by atoms with E-state index in [4.69, 9.17) is 13.9 Å². The van der Waals surface area contributed by atoms with E-state index in [0.717, 1.165) is 56.8 Å². The fourth-order valence-corrected chi connectivity index (χ4v) is 3.67. The summed E-state index contributed by atoms with van der Waals surface area (Å²) in [5.74, 6) is 1.98. The molecular formula is C18H28N2O4. The number of nitrogens with one attached hydrogen (secondary N) is 1. The first-order valence-corrected chi connectivity index (χ1v) is 8.82. The molecule has 0 saturated carbocycles. The van der Waals surface area contributed by atoms with E-state index in [-0.39, 0.29) is 17.6 Å². The van der Waals surface area contributed by atoms with Crippen LogP contribution in [0.15, 0.2) is 16.5 Å². The van der Waals surface area contributed by atoms with Gasteiger partial charge in [-0.15, -0.1) is 0 Å². The van der Waals surface area contributed by atoms with Crippen molar-refractivity contribution < 1.29 is 18.7 Å². The summed E-state index contributed by atoms with van der Waals surface area (Å²) in [6.45, 7) is 5.86. The number of nitrogens with zero attached hydrogens (tertiary/aromatic N) is 1. The van der Waals surface area contributed by atoms with E-state index >= 15 is 0 Å². The number of rotatable bonds is 6. The molecule has 1 spiro atoms. The first kappa shape index (κ1) is 17.5. The molecule has 2 fully saturated rings. The van der Waals surface area contributed by atoms with Gasteiger partial charge >= 0.3 is 0 Å². The summed E-state index contributed by atoms with van der Waals surface area (Å²) in [6.07, 6.45) is 3.45. The highest BCUT2D eigenvalue weighted by Crippen LogP contribution is 2.39. The van der Waals surface area contributed by atoms with Crippen molar-refractivity contribution in [2.24, 2.45) is 0 Å². The summed E-state index contributed by atoms with van der Waals surface area (Å²) in [7, 11) is 1.63. The zero-order chi connectivity index (χ0) is 17.0. The van der Waals surface area contributed by atoms with Crippen molar-refractivity contribution in [1.29, 1.82) is 0 Å². The van der Waals surface area contributed by atoms with Crippen LogP contribution in [0.3, 0.4) is 0 Å². The van der Waals surface area contributed by atoms with Gasteiger partial charge in [-0.1, -0.05) is 0 Å². The van der Waals surface area contributed by atoms with Gasteiger partial charge in [0.15, 0.2) is 0 Å². The Kier molecular flexibility index (Phi) is 5.58. The molecule has 3 rings (SSSR count). The molecule has 1 atom stereocenters. The SMILES string of the molecule is COCCNC(=O)C1CCC2(CCN(Cc3ccc(C)o3)CC2)O1. The summed E-state index contributed by atoms with van der Waals surface area (Å²) in [5, 5.41) is 2.88. The zero-order valence-electron chi connectivity index (χ0n) is 14.7. The number of methoxy groups -OCH3 is 1. The van der Waals surface area contributed by atoms with Gasteiger partial charge in [-0.05, 0) is 44.7 Å². The second-order valence-electron chi connectivity index (χ2n) is 6.90. The predicted molar refractivity (Wildman–Crippen MR) is 89.7 cm³/mol. The molecule has 2 aliphatic rings. The molecule has 1 N–H and O–H groups in total. The van der Waals surface area contributed by atoms with Gasteiger partial charge in [0.05, 0.1) is 18.8 Å². The molecule has 0 aliphatic carbocycles. The van der Waals surface area contributed by atoms with Crippen LogP contribution < -0.4 is 5.32 Å². The van der Waals surface area contributed by atoms with Gasteiger partial charge in [0.1, 0.15) is 17.6 Å². The lowest BCUT2D eigenvalue weighted by molar-refractivity contribution is -0.141. The number of aryl methyl sites for hydroxylation is 1. The van der Waals surface area contributed by atoms with E-state index < -0.39 is 0 Å². The predicted octanol–water partition coefficient (Wildman–Crippen LogP) is 1.86. The number of hydrogen-bond acceptors (Lipinski definition) is 5. The van der Waals surface area contributed by atoms with E-state index in [9.17, 15) is 4.79 Å². The maximum Gasteiger partial charge on any atom is 0.249 e. The maximum absolute atomic E-state index is 12.1. The minimum absolute atomic E-state index is 0.00239. The van der Waals surface area contributed by atoms with Crippen LogP contribution in [-0.4, -0.2) is 55.9 Å². The topological polar surface area (TPSA) is 63.9 Å². The van der Waals surface area contributed by atoms with Crippen molar-refractivity contribution >= 4 is 5.91 Å². The molecule has 1 amide bonds. The van der Waals surface area contributed by atoms with Gasteiger partial charge in [0.2, 0.25) is 5.91 Å². The van der Waals surface area contributed by atoms with Crippen molar-refractivity contribution in [3.8, 4) is 0 Å². The average molecular weight is 336 g/mol. The zero-order valence-corrected chi connectivity index (χ0v) is 14.7. The molecule has 6 nitrogen and oxygen atoms in total. The molecule has 0 aromatic carbocycles. The monoisotopic (exact) mass is 336 g/mol. The molecule has 3 heterocycles. The number of ether oxygens (including phenoxy) is 2. The van der Waals surface area contributed by atoms with Crippen LogP contribution in [-0.2, 0) is 20.8 Å². The van der Waals surface area contributed by atoms with Crippen LogP contribution in [0, 0.1) is 6.92 Å². The number of furan rings is 1. The molecular weight excluding hydrogens is 308 g/mol. The number of carbonyl (C=O) groups is 1. The molecule has 1 aromatic rings. The maximum atomic E-state index is 12.1. The average Bonchev–Trinajstić information content (AvgIpc) is 3.17. The second-order valence-corrected chi connectivity index (χ2v) is 6.90. The number of carbonyl (C=O) groups excluding carboxylic acids is 1. The Labute approximate surface area is 143 Å². The Hall–Kier alpha value is -1.37. The van der Waals surface area contributed by atoms with Crippen molar-refractivity contribution in [3.63, 3.8) is 0 Å². The molecule has 134 valence electrons. The lowest BCUT2D eigenvalue weighted by Crippen LogP contribution is -2.45. The van der Waals surface area contributed by atoms with E-state index in [1.165, 1.54) is 0 Å². The van der Waals surface area contributed by atoms with Crippen LogP contribution in [0.5, 0.6) is 0 Å². The van der Waals surface area contributed by atoms with Gasteiger partial charge in [-0.2, -0.15) is 0 Å². The Morgan fingerprint density at radius 2 is 2.17 bits per heavy atom. The van der Waals surface area contributed by atoms with Gasteiger partial charge < -0.3 is 19.2 Å². The third-order valence-electron chi connectivity index (χ3n) is 5.10. The largest absolute Gasteiger partial charge is 0.465 e. The van der Waals surface area contributed by atoms with Crippen LogP contribution in [0.25, 0.3) is 0 Å². The Morgan fingerprint density at radius 1 is 1.38 bits per heavy atom. The van der Waals surface area contributed by atoms with Gasteiger partial charge in [0.25, 0.3) is 0 Å². The standard InChI is InChI=1S/C18H28N2O4/c1-14-3-4-15(23-14)13-20-10-7-18(8-11-20)6-5-16(24-18)17(21)19-9-12-22-2/h3-4,16H,5-13H2,1-2H3,(H,19,21). The smallest absolute Gasteiger partial charge is 0.249 e. The normalized spacial score (nSPS) is 23.7. The molecule has 24 heavy (non-hydrogen) atoms. The number of piperidine rings is 1. The molecule has 1 aromatic heterocycles. The van der Waals surface area contributed by atoms with E-state index in [1.807, 2.05) is 19.1 Å². The summed E-state index contributed by atoms with van der Waals surface area (Å²) >= 11 is 0. The van der Waals surface area contributed by atoms with Gasteiger partial charge in [0, 0.05) is 26.7 Å². The summed E-state index contributed by atoms with van der Waals surface area (Å²) in [5.41, 5.74) is -0.112. The quantitative estimate of drug-likeness (QED) is 0.804. The molecule has 6 heteroatoms. The lowest BCUT2D eigenvalue weighted by atomic mass is 9.88. The number of likely N-dealkylation sites (tertiary alicyclic amines) is 1. The molecule has 2 aliphatic heterocycles. The minimum Gasteiger partial charge on any atom is -0.465 e. The van der Waals surface area contributed by atoms with E-state index in [1.54, 1.807) is 7.11 Å². The fourth-order valence-electron chi connectivity index (χ4n) is 3.67. The van der Waals surface area contributed by atoms with Crippen molar-refractivity contribution in [2.75, 3.05) is 33.4 Å². The third kappa shape index (κ3) is 4.18. The highest BCUT2D eigenvalue weighted by Gasteiger charge is 2.44. The van der Waals surface area contributed by atoms with Crippen molar-refractivity contribution in [2.45, 2.75) is 50.9 Å². The van der Waals surface area contributed by atoms with Crippen molar-refractivity contribution in [3.05, 3.63) is 23.7 Å². The summed E-state index contributed by atoms with van der Waals surface area (Å²) < 4.78 is 16.8. The van der Waals surface area contributed by atoms with Crippen LogP contribution in [0.4, 0.5) is 0 Å². The Bertz CT molecular complexity index is 549. The molecule has 1 unspecified atom stereocenters. The Morgan fingerprint density at radius 3 is 2.83 bits per heavy atom. The molecule has 2 saturated heterocycles. The minimum atomic E-state index is -0.305. The Balaban J connectivity index is 1.45. The summed E-state index contributed by atoms with van der Waals surface area (Å²) in [4.78, 5) is 14.5. The molecule has 0 bridgehead atoms. The second kappa shape index (κ2) is 7.68. The lowest BCUT2D eigenvalue weighted by Gasteiger charge is -2.38. The number of hydrogen-bond donors (Lipinski definition) is 1. The molecule has 0 radical (unpaired) electrons. The highest BCUT2D eigenvalue weighted by molar-refractivity contribution is 5.81. The number of amides is 1. The van der Waals surface area contributed by atoms with E-state index in [2.05, 4.69) is 10.2 Å². The first-order valence-electron chi connectivity index (χ1n) is 8.82. The van der Waals surface area contributed by atoms with E-state index in [0.29, 0.717) is 13.2 Å². The summed E-state index contributed by atoms with van der Waals surface area (Å²) in [6, 6.07) is 4.06. The highest BCUT2D eigenvalue weighted by atomic mass is 16.5. The van der Waals surface area contributed by atoms with Gasteiger partial charge in [-0.3, -0.25) is 9.69 Å². The van der Waals surface area contributed by atoms with Crippen LogP contribution >= 0.6 is 0 Å².